The number of hydrogen-bond acceptors (Lipinski definition) is 6. The van der Waals surface area contributed by atoms with E-state index in [1.807, 2.05) is 26.8 Å². The molecule has 1 aliphatic carbocycles. The van der Waals surface area contributed by atoms with Crippen LogP contribution in [-0.2, 0) is 11.2 Å². The van der Waals surface area contributed by atoms with Crippen LogP contribution in [0, 0.1) is 0 Å². The molecule has 1 amide bonds. The molecule has 0 bridgehead atoms. The van der Waals surface area contributed by atoms with Gasteiger partial charge in [0, 0.05) is 25.6 Å². The van der Waals surface area contributed by atoms with E-state index in [2.05, 4.69) is 10.2 Å². The lowest BCUT2D eigenvalue weighted by Crippen LogP contribution is -2.36. The number of nitrogens with one attached hydrogen (secondary N) is 1. The lowest BCUT2D eigenvalue weighted by atomic mass is 9.92. The summed E-state index contributed by atoms with van der Waals surface area (Å²) in [5.74, 6) is 1.32. The van der Waals surface area contributed by atoms with Crippen LogP contribution in [0.5, 0.6) is 11.5 Å². The molecule has 1 aromatic rings. The van der Waals surface area contributed by atoms with Crippen LogP contribution in [0.1, 0.15) is 67.6 Å². The number of amides is 1. The molecular weight excluding hydrogens is 372 g/mol. The van der Waals surface area contributed by atoms with Gasteiger partial charge in [-0.1, -0.05) is 0 Å². The maximum absolute atomic E-state index is 12.7. The maximum atomic E-state index is 12.7. The zero-order valence-corrected chi connectivity index (χ0v) is 18.1. The van der Waals surface area contributed by atoms with Crippen LogP contribution in [-0.4, -0.2) is 56.2 Å². The van der Waals surface area contributed by atoms with Gasteiger partial charge in [0.05, 0.1) is 19.8 Å². The van der Waals surface area contributed by atoms with Gasteiger partial charge in [-0.3, -0.25) is 9.69 Å². The first-order valence-electron chi connectivity index (χ1n) is 10.3. The number of rotatable bonds is 7. The van der Waals surface area contributed by atoms with Crippen molar-refractivity contribution < 1.29 is 23.8 Å². The van der Waals surface area contributed by atoms with E-state index in [1.54, 1.807) is 14.2 Å². The Morgan fingerprint density at radius 1 is 1.24 bits per heavy atom. The fourth-order valence-corrected chi connectivity index (χ4v) is 4.25. The monoisotopic (exact) mass is 404 g/mol. The fraction of sp³-hybridized carbons (Fsp3) is 0.636. The summed E-state index contributed by atoms with van der Waals surface area (Å²) >= 11 is 0. The van der Waals surface area contributed by atoms with Crippen molar-refractivity contribution in [1.29, 1.82) is 0 Å². The number of benzene rings is 1. The highest BCUT2D eigenvalue weighted by molar-refractivity contribution is 6.05. The van der Waals surface area contributed by atoms with Crippen LogP contribution in [0.2, 0.25) is 0 Å². The van der Waals surface area contributed by atoms with Gasteiger partial charge in [0.2, 0.25) is 0 Å². The van der Waals surface area contributed by atoms with Crippen molar-refractivity contribution in [3.63, 3.8) is 0 Å². The van der Waals surface area contributed by atoms with Gasteiger partial charge >= 0.3 is 6.09 Å². The number of alkyl carbamates (subject to hydrolysis) is 1. The maximum Gasteiger partial charge on any atom is 0.407 e. The van der Waals surface area contributed by atoms with E-state index in [0.717, 1.165) is 37.9 Å². The minimum Gasteiger partial charge on any atom is -0.493 e. The van der Waals surface area contributed by atoms with Crippen molar-refractivity contribution in [3.8, 4) is 11.5 Å². The molecule has 7 nitrogen and oxygen atoms in total. The van der Waals surface area contributed by atoms with Gasteiger partial charge in [-0.25, -0.2) is 4.79 Å². The SMILES string of the molecule is COc1cc2c3c(c1OC)C(=O)CC3N(CCCCNC(=O)OC(C)(C)C)CC2. The van der Waals surface area contributed by atoms with E-state index >= 15 is 0 Å². The summed E-state index contributed by atoms with van der Waals surface area (Å²) in [5.41, 5.74) is 2.52. The normalized spacial score (nSPS) is 18.4. The molecule has 0 radical (unpaired) electrons. The summed E-state index contributed by atoms with van der Waals surface area (Å²) in [6.45, 7) is 7.94. The highest BCUT2D eigenvalue weighted by Gasteiger charge is 2.41. The van der Waals surface area contributed by atoms with Crippen LogP contribution < -0.4 is 14.8 Å². The highest BCUT2D eigenvalue weighted by Crippen LogP contribution is 2.48. The first-order valence-corrected chi connectivity index (χ1v) is 10.3. The number of hydrogen-bond donors (Lipinski definition) is 1. The number of nitrogens with zero attached hydrogens (tertiary/aromatic N) is 1. The Morgan fingerprint density at radius 3 is 2.66 bits per heavy atom. The molecule has 1 heterocycles. The van der Waals surface area contributed by atoms with E-state index in [4.69, 9.17) is 14.2 Å². The summed E-state index contributed by atoms with van der Waals surface area (Å²) < 4.78 is 16.2. The van der Waals surface area contributed by atoms with Gasteiger partial charge in [-0.05, 0) is 63.8 Å². The lowest BCUT2D eigenvalue weighted by molar-refractivity contribution is 0.0525. The first-order chi connectivity index (χ1) is 13.7. The Morgan fingerprint density at radius 2 is 2.00 bits per heavy atom. The largest absolute Gasteiger partial charge is 0.493 e. The van der Waals surface area contributed by atoms with Crippen molar-refractivity contribution in [2.24, 2.45) is 0 Å². The zero-order valence-electron chi connectivity index (χ0n) is 18.1. The number of carbonyl (C=O) groups excluding carboxylic acids is 2. The topological polar surface area (TPSA) is 77.1 Å². The summed E-state index contributed by atoms with van der Waals surface area (Å²) in [5, 5.41) is 2.80. The van der Waals surface area contributed by atoms with Gasteiger partial charge < -0.3 is 19.5 Å². The van der Waals surface area contributed by atoms with E-state index < -0.39 is 5.60 Å². The molecule has 2 aliphatic rings. The van der Waals surface area contributed by atoms with E-state index in [1.165, 1.54) is 5.56 Å². The zero-order chi connectivity index (χ0) is 21.2. The summed E-state index contributed by atoms with van der Waals surface area (Å²) in [4.78, 5) is 26.8. The van der Waals surface area contributed by atoms with Crippen molar-refractivity contribution in [1.82, 2.24) is 10.2 Å². The van der Waals surface area contributed by atoms with Gasteiger partial charge in [0.1, 0.15) is 5.60 Å². The predicted molar refractivity (Wildman–Crippen MR) is 110 cm³/mol. The molecule has 1 N–H and O–H groups in total. The third-order valence-corrected chi connectivity index (χ3v) is 5.44. The van der Waals surface area contributed by atoms with Crippen LogP contribution in [0.15, 0.2) is 6.07 Å². The second-order valence-corrected chi connectivity index (χ2v) is 8.62. The lowest BCUT2D eigenvalue weighted by Gasteiger charge is -2.35. The Balaban J connectivity index is 1.58. The molecule has 7 heteroatoms. The average Bonchev–Trinajstić information content (AvgIpc) is 3.00. The molecule has 3 rings (SSSR count). The third kappa shape index (κ3) is 4.66. The molecule has 160 valence electrons. The summed E-state index contributed by atoms with van der Waals surface area (Å²) in [6.07, 6.45) is 2.81. The molecule has 0 saturated heterocycles. The van der Waals surface area contributed by atoms with Crippen molar-refractivity contribution in [2.45, 2.75) is 58.1 Å². The van der Waals surface area contributed by atoms with Crippen LogP contribution in [0.3, 0.4) is 0 Å². The highest BCUT2D eigenvalue weighted by atomic mass is 16.6. The van der Waals surface area contributed by atoms with Gasteiger partial charge in [0.15, 0.2) is 17.3 Å². The number of carbonyl (C=O) groups is 2. The van der Waals surface area contributed by atoms with Gasteiger partial charge in [-0.15, -0.1) is 0 Å². The van der Waals surface area contributed by atoms with Crippen LogP contribution in [0.25, 0.3) is 0 Å². The Labute approximate surface area is 172 Å². The Hall–Kier alpha value is -2.28. The summed E-state index contributed by atoms with van der Waals surface area (Å²) in [6, 6.07) is 2.13. The molecule has 29 heavy (non-hydrogen) atoms. The number of ketones is 1. The van der Waals surface area contributed by atoms with Crippen molar-refractivity contribution in [2.75, 3.05) is 33.9 Å². The Kier molecular flexibility index (Phi) is 6.36. The summed E-state index contributed by atoms with van der Waals surface area (Å²) in [7, 11) is 3.19. The first kappa shape index (κ1) is 21.4. The van der Waals surface area contributed by atoms with Gasteiger partial charge in [0.25, 0.3) is 0 Å². The smallest absolute Gasteiger partial charge is 0.407 e. The second kappa shape index (κ2) is 8.61. The molecule has 1 unspecified atom stereocenters. The molecular formula is C22H32N2O5. The molecule has 0 spiro atoms. The van der Waals surface area contributed by atoms with E-state index in [9.17, 15) is 9.59 Å². The standard InChI is InChI=1S/C22H32N2O5/c1-22(2,3)29-21(26)23-9-6-7-10-24-11-8-14-12-17(27-4)20(28-5)19-16(25)13-15(24)18(14)19/h12,15H,6-11,13H2,1-5H3,(H,23,26). The van der Waals surface area contributed by atoms with Gasteiger partial charge in [-0.2, -0.15) is 0 Å². The number of ether oxygens (including phenoxy) is 3. The molecule has 0 fully saturated rings. The quantitative estimate of drug-likeness (QED) is 0.701. The second-order valence-electron chi connectivity index (χ2n) is 8.62. The minimum atomic E-state index is -0.484. The molecule has 0 aromatic heterocycles. The minimum absolute atomic E-state index is 0.111. The predicted octanol–water partition coefficient (Wildman–Crippen LogP) is 3.49. The number of methoxy groups -OCH3 is 2. The van der Waals surface area contributed by atoms with Crippen LogP contribution >= 0.6 is 0 Å². The van der Waals surface area contributed by atoms with E-state index in [0.29, 0.717) is 30.0 Å². The molecule has 1 aliphatic heterocycles. The molecule has 1 aromatic carbocycles. The average molecular weight is 405 g/mol. The fourth-order valence-electron chi connectivity index (χ4n) is 4.25. The Bertz CT molecular complexity index is 784. The molecule has 0 saturated carbocycles. The van der Waals surface area contributed by atoms with Crippen molar-refractivity contribution >= 4 is 11.9 Å². The van der Waals surface area contributed by atoms with Crippen molar-refractivity contribution in [3.05, 3.63) is 22.8 Å². The number of unbranched alkanes of at least 4 members (excludes halogenated alkanes) is 1. The van der Waals surface area contributed by atoms with E-state index in [-0.39, 0.29) is 17.9 Å². The number of Topliss-reactive ketones (excluding diaryl/α,β-unsaturated/α-hetero) is 1. The van der Waals surface area contributed by atoms with Crippen LogP contribution in [0.4, 0.5) is 4.79 Å². The molecule has 1 atom stereocenters. The third-order valence-electron chi connectivity index (χ3n) is 5.44.